The molecule has 0 aliphatic heterocycles. The van der Waals surface area contributed by atoms with Crippen molar-refractivity contribution >= 4 is 5.97 Å². The molecule has 0 unspecified atom stereocenters. The van der Waals surface area contributed by atoms with Crippen molar-refractivity contribution in [3.63, 3.8) is 0 Å². The van der Waals surface area contributed by atoms with Crippen molar-refractivity contribution in [1.82, 2.24) is 0 Å². The second-order valence-corrected chi connectivity index (χ2v) is 4.34. The van der Waals surface area contributed by atoms with Crippen LogP contribution in [-0.2, 0) is 0 Å². The summed E-state index contributed by atoms with van der Waals surface area (Å²) in [7, 11) is 0. The van der Waals surface area contributed by atoms with Crippen LogP contribution in [0.25, 0.3) is 11.1 Å². The fourth-order valence-electron chi connectivity index (χ4n) is 1.81. The van der Waals surface area contributed by atoms with Gasteiger partial charge in [0.2, 0.25) is 0 Å². The maximum Gasteiger partial charge on any atom is 0.335 e. The standard InChI is InChI=1S/C15H14O3/c1-9-3-4-11(7-10(9)2)13-8-12(15(17)18)5-6-14(13)16/h3-8,16H,1-2H3,(H,17,18). The fourth-order valence-corrected chi connectivity index (χ4v) is 1.81. The van der Waals surface area contributed by atoms with E-state index >= 15 is 0 Å². The van der Waals surface area contributed by atoms with Gasteiger partial charge in [0.15, 0.2) is 0 Å². The van der Waals surface area contributed by atoms with E-state index in [4.69, 9.17) is 5.11 Å². The predicted molar refractivity (Wildman–Crippen MR) is 70.0 cm³/mol. The van der Waals surface area contributed by atoms with Gasteiger partial charge in [-0.1, -0.05) is 18.2 Å². The van der Waals surface area contributed by atoms with Gasteiger partial charge < -0.3 is 10.2 Å². The van der Waals surface area contributed by atoms with Crippen LogP contribution in [0.2, 0.25) is 0 Å². The summed E-state index contributed by atoms with van der Waals surface area (Å²) in [6, 6.07) is 10.1. The molecule has 0 saturated heterocycles. The summed E-state index contributed by atoms with van der Waals surface area (Å²) in [6.07, 6.45) is 0. The Balaban J connectivity index is 2.58. The average Bonchev–Trinajstić information content (AvgIpc) is 2.33. The minimum absolute atomic E-state index is 0.0863. The largest absolute Gasteiger partial charge is 0.507 e. The lowest BCUT2D eigenvalue weighted by molar-refractivity contribution is 0.0697. The van der Waals surface area contributed by atoms with Crippen LogP contribution in [-0.4, -0.2) is 16.2 Å². The Kier molecular flexibility index (Phi) is 3.06. The van der Waals surface area contributed by atoms with Crippen LogP contribution in [0, 0.1) is 13.8 Å². The molecule has 0 saturated carbocycles. The molecule has 0 aliphatic carbocycles. The Labute approximate surface area is 105 Å². The Bertz CT molecular complexity index is 615. The van der Waals surface area contributed by atoms with Crippen molar-refractivity contribution in [2.75, 3.05) is 0 Å². The highest BCUT2D eigenvalue weighted by atomic mass is 16.4. The maximum absolute atomic E-state index is 10.9. The molecule has 0 aromatic heterocycles. The Morgan fingerprint density at radius 1 is 1.00 bits per heavy atom. The number of hydrogen-bond donors (Lipinski definition) is 2. The van der Waals surface area contributed by atoms with Gasteiger partial charge in [-0.05, 0) is 48.7 Å². The average molecular weight is 242 g/mol. The monoisotopic (exact) mass is 242 g/mol. The summed E-state index contributed by atoms with van der Waals surface area (Å²) in [6.45, 7) is 3.99. The zero-order chi connectivity index (χ0) is 13.3. The fraction of sp³-hybridized carbons (Fsp3) is 0.133. The highest BCUT2D eigenvalue weighted by Gasteiger charge is 2.10. The van der Waals surface area contributed by atoms with Crippen LogP contribution in [0.15, 0.2) is 36.4 Å². The first-order valence-corrected chi connectivity index (χ1v) is 5.63. The molecule has 2 rings (SSSR count). The van der Waals surface area contributed by atoms with Crippen LogP contribution >= 0.6 is 0 Å². The van der Waals surface area contributed by atoms with Gasteiger partial charge in [-0.25, -0.2) is 4.79 Å². The first-order valence-electron chi connectivity index (χ1n) is 5.63. The molecule has 0 heterocycles. The van der Waals surface area contributed by atoms with E-state index in [1.807, 2.05) is 32.0 Å². The van der Waals surface area contributed by atoms with Gasteiger partial charge >= 0.3 is 5.97 Å². The van der Waals surface area contributed by atoms with Crippen LogP contribution in [0.5, 0.6) is 5.75 Å². The number of hydrogen-bond acceptors (Lipinski definition) is 2. The van der Waals surface area contributed by atoms with Crippen molar-refractivity contribution in [1.29, 1.82) is 0 Å². The summed E-state index contributed by atoms with van der Waals surface area (Å²) in [5, 5.41) is 18.8. The first kappa shape index (κ1) is 12.2. The van der Waals surface area contributed by atoms with Crippen LogP contribution in [0.1, 0.15) is 21.5 Å². The lowest BCUT2D eigenvalue weighted by Gasteiger charge is -2.08. The molecule has 2 aromatic rings. The molecule has 0 radical (unpaired) electrons. The smallest absolute Gasteiger partial charge is 0.335 e. The first-order chi connectivity index (χ1) is 8.49. The molecule has 18 heavy (non-hydrogen) atoms. The van der Waals surface area contributed by atoms with E-state index in [-0.39, 0.29) is 11.3 Å². The molecular formula is C15H14O3. The number of aromatic carboxylic acids is 1. The van der Waals surface area contributed by atoms with Crippen LogP contribution in [0.3, 0.4) is 0 Å². The molecule has 0 spiro atoms. The lowest BCUT2D eigenvalue weighted by atomic mass is 9.98. The second kappa shape index (κ2) is 4.53. The van der Waals surface area contributed by atoms with Crippen molar-refractivity contribution in [2.45, 2.75) is 13.8 Å². The summed E-state index contributed by atoms with van der Waals surface area (Å²) in [5.41, 5.74) is 3.79. The lowest BCUT2D eigenvalue weighted by Crippen LogP contribution is -1.96. The number of carbonyl (C=O) groups is 1. The number of aryl methyl sites for hydroxylation is 2. The molecule has 2 N–H and O–H groups in total. The van der Waals surface area contributed by atoms with E-state index < -0.39 is 5.97 Å². The number of aromatic hydroxyl groups is 1. The van der Waals surface area contributed by atoms with Crippen molar-refractivity contribution < 1.29 is 15.0 Å². The van der Waals surface area contributed by atoms with Gasteiger partial charge in [-0.15, -0.1) is 0 Å². The molecule has 0 fully saturated rings. The van der Waals surface area contributed by atoms with E-state index in [1.54, 1.807) is 0 Å². The minimum Gasteiger partial charge on any atom is -0.507 e. The molecule has 92 valence electrons. The topological polar surface area (TPSA) is 57.5 Å². The molecule has 3 heteroatoms. The van der Waals surface area contributed by atoms with Crippen molar-refractivity contribution in [3.05, 3.63) is 53.1 Å². The Morgan fingerprint density at radius 2 is 1.72 bits per heavy atom. The predicted octanol–water partition coefficient (Wildman–Crippen LogP) is 3.37. The Morgan fingerprint density at radius 3 is 2.33 bits per heavy atom. The van der Waals surface area contributed by atoms with Gasteiger partial charge in [0, 0.05) is 5.56 Å². The van der Waals surface area contributed by atoms with Crippen LogP contribution in [0.4, 0.5) is 0 Å². The molecule has 2 aromatic carbocycles. The molecule has 0 bridgehead atoms. The molecule has 0 amide bonds. The summed E-state index contributed by atoms with van der Waals surface area (Å²) in [5.74, 6) is -0.914. The molecular weight excluding hydrogens is 228 g/mol. The van der Waals surface area contributed by atoms with Gasteiger partial charge in [0.25, 0.3) is 0 Å². The minimum atomic E-state index is -1.000. The quantitative estimate of drug-likeness (QED) is 0.848. The van der Waals surface area contributed by atoms with E-state index in [9.17, 15) is 9.90 Å². The van der Waals surface area contributed by atoms with Crippen molar-refractivity contribution in [3.8, 4) is 16.9 Å². The zero-order valence-electron chi connectivity index (χ0n) is 10.3. The molecule has 0 aliphatic rings. The van der Waals surface area contributed by atoms with Crippen LogP contribution < -0.4 is 0 Å². The van der Waals surface area contributed by atoms with Gasteiger partial charge in [-0.3, -0.25) is 0 Å². The second-order valence-electron chi connectivity index (χ2n) is 4.34. The zero-order valence-corrected chi connectivity index (χ0v) is 10.3. The highest BCUT2D eigenvalue weighted by Crippen LogP contribution is 2.31. The highest BCUT2D eigenvalue weighted by molar-refractivity contribution is 5.90. The number of carboxylic acid groups (broad SMARTS) is 1. The number of phenols is 1. The van der Waals surface area contributed by atoms with E-state index in [0.29, 0.717) is 5.56 Å². The van der Waals surface area contributed by atoms with Gasteiger partial charge in [0.05, 0.1) is 5.56 Å². The number of phenolic OH excluding ortho intramolecular Hbond substituents is 1. The normalized spacial score (nSPS) is 10.3. The Hall–Kier alpha value is -2.29. The summed E-state index contributed by atoms with van der Waals surface area (Å²) in [4.78, 5) is 10.9. The number of rotatable bonds is 2. The maximum atomic E-state index is 10.9. The number of carboxylic acids is 1. The molecule has 3 nitrogen and oxygen atoms in total. The third-order valence-electron chi connectivity index (χ3n) is 3.06. The molecule has 0 atom stereocenters. The number of benzene rings is 2. The van der Waals surface area contributed by atoms with Crippen molar-refractivity contribution in [2.24, 2.45) is 0 Å². The SMILES string of the molecule is Cc1ccc(-c2cc(C(=O)O)ccc2O)cc1C. The van der Waals surface area contributed by atoms with Gasteiger partial charge in [-0.2, -0.15) is 0 Å². The summed E-state index contributed by atoms with van der Waals surface area (Å²) >= 11 is 0. The van der Waals surface area contributed by atoms with E-state index in [2.05, 4.69) is 0 Å². The van der Waals surface area contributed by atoms with E-state index in [0.717, 1.165) is 16.7 Å². The van der Waals surface area contributed by atoms with E-state index in [1.165, 1.54) is 18.2 Å². The third-order valence-corrected chi connectivity index (χ3v) is 3.06. The third kappa shape index (κ3) is 2.20. The summed E-state index contributed by atoms with van der Waals surface area (Å²) < 4.78 is 0. The van der Waals surface area contributed by atoms with Gasteiger partial charge in [0.1, 0.15) is 5.75 Å².